The number of hydrogen-bond donors (Lipinski definition) is 1. The zero-order valence-corrected chi connectivity index (χ0v) is 17.1. The average molecular weight is 423 g/mol. The Labute approximate surface area is 172 Å². The minimum absolute atomic E-state index is 0.0190. The summed E-state index contributed by atoms with van der Waals surface area (Å²) < 4.78 is 6.51. The number of fused-ring (bicyclic) bond motifs is 1. The summed E-state index contributed by atoms with van der Waals surface area (Å²) in [7, 11) is 0. The zero-order chi connectivity index (χ0) is 21.1. The molecule has 0 spiro atoms. The van der Waals surface area contributed by atoms with Crippen molar-refractivity contribution in [2.45, 2.75) is 20.4 Å². The van der Waals surface area contributed by atoms with E-state index in [0.29, 0.717) is 37.6 Å². The van der Waals surface area contributed by atoms with Crippen LogP contribution in [0.15, 0.2) is 17.1 Å². The maximum Gasteiger partial charge on any atom is 0.343 e. The number of halogens is 1. The van der Waals surface area contributed by atoms with Gasteiger partial charge in [-0.2, -0.15) is 0 Å². The molecule has 3 heterocycles. The van der Waals surface area contributed by atoms with Crippen LogP contribution in [0.25, 0.3) is 11.0 Å². The summed E-state index contributed by atoms with van der Waals surface area (Å²) in [5.74, 6) is -0.213. The van der Waals surface area contributed by atoms with Gasteiger partial charge in [-0.05, 0) is 13.0 Å². The molecule has 1 saturated heterocycles. The molecule has 0 aliphatic carbocycles. The molecule has 1 aliphatic heterocycles. The number of rotatable bonds is 5. The van der Waals surface area contributed by atoms with Crippen LogP contribution < -0.4 is 10.3 Å². The fraction of sp³-hybridized carbons (Fsp3) is 0.474. The van der Waals surface area contributed by atoms with E-state index in [1.165, 1.54) is 19.2 Å². The smallest absolute Gasteiger partial charge is 0.343 e. The van der Waals surface area contributed by atoms with E-state index in [1.807, 2.05) is 4.90 Å². The number of hydrogen-bond acceptors (Lipinski definition) is 7. The number of anilines is 1. The fourth-order valence-electron chi connectivity index (χ4n) is 3.36. The van der Waals surface area contributed by atoms with Gasteiger partial charge in [0, 0.05) is 45.8 Å². The second kappa shape index (κ2) is 8.79. The van der Waals surface area contributed by atoms with E-state index in [4.69, 9.17) is 16.3 Å². The molecule has 0 saturated carbocycles. The Morgan fingerprint density at radius 3 is 2.55 bits per heavy atom. The number of nitrogens with zero attached hydrogens (tertiary/aromatic N) is 4. The number of aliphatic hydroxyl groups is 1. The van der Waals surface area contributed by atoms with Gasteiger partial charge in [-0.25, -0.2) is 9.78 Å². The molecule has 29 heavy (non-hydrogen) atoms. The third-order valence-electron chi connectivity index (χ3n) is 4.84. The number of carbonyl (C=O) groups excluding carboxylic acids is 2. The standard InChI is InChI=1S/C19H23ClN4O5/c1-3-29-19(28)14-11-24(8-9-25)17-13(16(14)27)10-15(20)18(21-17)23-6-4-22(5-7-23)12(2)26/h10-11,25H,3-9H2,1-2H3. The van der Waals surface area contributed by atoms with E-state index in [9.17, 15) is 19.5 Å². The summed E-state index contributed by atoms with van der Waals surface area (Å²) in [4.78, 5) is 44.8. The van der Waals surface area contributed by atoms with Gasteiger partial charge in [-0.15, -0.1) is 0 Å². The van der Waals surface area contributed by atoms with Gasteiger partial charge >= 0.3 is 5.97 Å². The normalized spacial score (nSPS) is 14.3. The lowest BCUT2D eigenvalue weighted by molar-refractivity contribution is -0.129. The molecule has 1 aliphatic rings. The second-order valence-electron chi connectivity index (χ2n) is 6.67. The van der Waals surface area contributed by atoms with Crippen LogP contribution in [0, 0.1) is 0 Å². The SMILES string of the molecule is CCOC(=O)c1cn(CCO)c2nc(N3CCN(C(C)=O)CC3)c(Cl)cc2c1=O. The van der Waals surface area contributed by atoms with Gasteiger partial charge in [-0.3, -0.25) is 9.59 Å². The van der Waals surface area contributed by atoms with Crippen molar-refractivity contribution in [1.29, 1.82) is 0 Å². The lowest BCUT2D eigenvalue weighted by Gasteiger charge is -2.35. The highest BCUT2D eigenvalue weighted by atomic mass is 35.5. The number of esters is 1. The molecule has 0 radical (unpaired) electrons. The molecule has 2 aromatic rings. The first-order chi connectivity index (χ1) is 13.9. The Morgan fingerprint density at radius 1 is 1.28 bits per heavy atom. The zero-order valence-electron chi connectivity index (χ0n) is 16.4. The number of amides is 1. The highest BCUT2D eigenvalue weighted by Crippen LogP contribution is 2.28. The van der Waals surface area contributed by atoms with Crippen LogP contribution in [0.2, 0.25) is 5.02 Å². The van der Waals surface area contributed by atoms with Crippen LogP contribution in [0.1, 0.15) is 24.2 Å². The van der Waals surface area contributed by atoms with Crippen molar-refractivity contribution in [3.63, 3.8) is 0 Å². The van der Waals surface area contributed by atoms with E-state index in [0.717, 1.165) is 0 Å². The summed E-state index contributed by atoms with van der Waals surface area (Å²) in [6.45, 7) is 5.50. The van der Waals surface area contributed by atoms with Crippen molar-refractivity contribution in [1.82, 2.24) is 14.5 Å². The first kappa shape index (κ1) is 21.1. The van der Waals surface area contributed by atoms with Crippen LogP contribution in [0.3, 0.4) is 0 Å². The second-order valence-corrected chi connectivity index (χ2v) is 7.07. The molecular weight excluding hydrogens is 400 g/mol. The topological polar surface area (TPSA) is 105 Å². The van der Waals surface area contributed by atoms with E-state index in [2.05, 4.69) is 4.98 Å². The van der Waals surface area contributed by atoms with Gasteiger partial charge in [-0.1, -0.05) is 11.6 Å². The molecule has 9 nitrogen and oxygen atoms in total. The molecule has 0 unspecified atom stereocenters. The number of aromatic nitrogens is 2. The Morgan fingerprint density at radius 2 is 1.97 bits per heavy atom. The largest absolute Gasteiger partial charge is 0.462 e. The van der Waals surface area contributed by atoms with Gasteiger partial charge in [0.2, 0.25) is 11.3 Å². The van der Waals surface area contributed by atoms with Crippen LogP contribution in [0.5, 0.6) is 0 Å². The van der Waals surface area contributed by atoms with Gasteiger partial charge in [0.05, 0.1) is 23.6 Å². The highest BCUT2D eigenvalue weighted by molar-refractivity contribution is 6.33. The Balaban J connectivity index is 2.07. The van der Waals surface area contributed by atoms with Crippen LogP contribution in [-0.2, 0) is 16.1 Å². The van der Waals surface area contributed by atoms with Crippen LogP contribution in [-0.4, -0.2) is 70.8 Å². The molecule has 1 amide bonds. The molecule has 1 fully saturated rings. The summed E-state index contributed by atoms with van der Waals surface area (Å²) in [6, 6.07) is 1.50. The predicted octanol–water partition coefficient (Wildman–Crippen LogP) is 0.887. The molecular formula is C19H23ClN4O5. The summed E-state index contributed by atoms with van der Waals surface area (Å²) >= 11 is 6.43. The van der Waals surface area contributed by atoms with E-state index in [1.54, 1.807) is 16.4 Å². The molecule has 2 aromatic heterocycles. The first-order valence-corrected chi connectivity index (χ1v) is 9.77. The predicted molar refractivity (Wildman–Crippen MR) is 109 cm³/mol. The molecule has 156 valence electrons. The third kappa shape index (κ3) is 4.20. The molecule has 3 rings (SSSR count). The van der Waals surface area contributed by atoms with E-state index in [-0.39, 0.29) is 41.6 Å². The lowest BCUT2D eigenvalue weighted by Crippen LogP contribution is -2.48. The molecule has 10 heteroatoms. The fourth-order valence-corrected chi connectivity index (χ4v) is 3.63. The summed E-state index contributed by atoms with van der Waals surface area (Å²) in [6.07, 6.45) is 1.36. The van der Waals surface area contributed by atoms with Crippen molar-refractivity contribution in [2.75, 3.05) is 44.3 Å². The Hall–Kier alpha value is -2.65. The lowest BCUT2D eigenvalue weighted by atomic mass is 10.2. The number of aliphatic hydroxyl groups excluding tert-OH is 1. The maximum atomic E-state index is 12.8. The monoisotopic (exact) mass is 422 g/mol. The summed E-state index contributed by atoms with van der Waals surface area (Å²) in [5.41, 5.74) is -0.325. The van der Waals surface area contributed by atoms with Crippen LogP contribution in [0.4, 0.5) is 5.82 Å². The minimum Gasteiger partial charge on any atom is -0.462 e. The Bertz CT molecular complexity index is 998. The average Bonchev–Trinajstić information content (AvgIpc) is 2.70. The number of piperazine rings is 1. The maximum absolute atomic E-state index is 12.8. The molecule has 0 aromatic carbocycles. The van der Waals surface area contributed by atoms with Crippen molar-refractivity contribution in [3.8, 4) is 0 Å². The molecule has 0 bridgehead atoms. The van der Waals surface area contributed by atoms with Crippen molar-refractivity contribution >= 4 is 40.3 Å². The number of carbonyl (C=O) groups is 2. The molecule has 1 N–H and O–H groups in total. The first-order valence-electron chi connectivity index (χ1n) is 9.39. The quantitative estimate of drug-likeness (QED) is 0.713. The molecule has 0 atom stereocenters. The number of ether oxygens (including phenoxy) is 1. The van der Waals surface area contributed by atoms with Crippen molar-refractivity contribution < 1.29 is 19.4 Å². The van der Waals surface area contributed by atoms with E-state index < -0.39 is 11.4 Å². The van der Waals surface area contributed by atoms with Crippen molar-refractivity contribution in [3.05, 3.63) is 33.1 Å². The number of pyridine rings is 2. The third-order valence-corrected chi connectivity index (χ3v) is 5.12. The summed E-state index contributed by atoms with van der Waals surface area (Å²) in [5, 5.41) is 9.88. The van der Waals surface area contributed by atoms with E-state index >= 15 is 0 Å². The highest BCUT2D eigenvalue weighted by Gasteiger charge is 2.24. The van der Waals surface area contributed by atoms with Crippen LogP contribution >= 0.6 is 11.6 Å². The van der Waals surface area contributed by atoms with Gasteiger partial charge in [0.15, 0.2) is 0 Å². The Kier molecular flexibility index (Phi) is 6.39. The van der Waals surface area contributed by atoms with Gasteiger partial charge in [0.25, 0.3) is 0 Å². The minimum atomic E-state index is -0.730. The van der Waals surface area contributed by atoms with Crippen molar-refractivity contribution in [2.24, 2.45) is 0 Å². The van der Waals surface area contributed by atoms with Gasteiger partial charge in [0.1, 0.15) is 17.0 Å². The van der Waals surface area contributed by atoms with Gasteiger partial charge < -0.3 is 24.2 Å².